The molecule has 11 heteroatoms. The van der Waals surface area contributed by atoms with Gasteiger partial charge in [-0.3, -0.25) is 9.78 Å². The van der Waals surface area contributed by atoms with E-state index in [0.717, 1.165) is 30.5 Å². The fourth-order valence-electron chi connectivity index (χ4n) is 5.63. The third-order valence-corrected chi connectivity index (χ3v) is 9.20. The Labute approximate surface area is 247 Å². The molecule has 3 aromatic rings. The molecular formula is C30H36ClFN4O4S. The summed E-state index contributed by atoms with van der Waals surface area (Å²) in [6.07, 6.45) is 0.698. The van der Waals surface area contributed by atoms with Gasteiger partial charge in [0.1, 0.15) is 17.0 Å². The normalized spacial score (nSPS) is 19.2. The average Bonchev–Trinajstić information content (AvgIpc) is 3.17. The number of nitrogens with one attached hydrogen (secondary N) is 1. The van der Waals surface area contributed by atoms with Crippen molar-refractivity contribution in [3.63, 3.8) is 0 Å². The number of aromatic nitrogens is 1. The van der Waals surface area contributed by atoms with Crippen LogP contribution in [0.4, 0.5) is 10.1 Å². The molecule has 220 valence electrons. The molecule has 0 spiro atoms. The minimum absolute atomic E-state index is 0. The first-order valence-corrected chi connectivity index (χ1v) is 15.1. The Balaban J connectivity index is 0.00000387. The van der Waals surface area contributed by atoms with E-state index < -0.39 is 27.2 Å². The molecule has 1 fully saturated rings. The number of nitrogens with zero attached hydrogens (tertiary/aromatic N) is 3. The van der Waals surface area contributed by atoms with Crippen LogP contribution in [0.5, 0.6) is 5.75 Å². The molecule has 3 heterocycles. The standard InChI is InChI=1S/C30H35FN4O4S.ClH/c1-21(2)39-23-10-12-24(13-11-23)40(37,38)35-27-14-9-22(3)33-28(27)30(29(35)36,25-7-4-5-8-26(25)31)15-6-18-34-19-16-32-17-20-34;/h4-5,7-14,21,32H,6,15-20H2,1-3H3;1H. The van der Waals surface area contributed by atoms with Crippen LogP contribution in [-0.2, 0) is 20.2 Å². The van der Waals surface area contributed by atoms with Crippen molar-refractivity contribution in [2.24, 2.45) is 0 Å². The topological polar surface area (TPSA) is 91.8 Å². The van der Waals surface area contributed by atoms with Crippen LogP contribution in [-0.4, -0.2) is 63.0 Å². The van der Waals surface area contributed by atoms with Crippen LogP contribution in [0.1, 0.15) is 43.6 Å². The molecule has 0 bridgehead atoms. The van der Waals surface area contributed by atoms with E-state index >= 15 is 4.39 Å². The van der Waals surface area contributed by atoms with E-state index in [1.54, 1.807) is 49.4 Å². The number of piperazine rings is 1. The molecule has 1 unspecified atom stereocenters. The van der Waals surface area contributed by atoms with Gasteiger partial charge in [0.15, 0.2) is 0 Å². The van der Waals surface area contributed by atoms with Crippen LogP contribution >= 0.6 is 12.4 Å². The number of fused-ring (bicyclic) bond motifs is 1. The molecule has 0 radical (unpaired) electrons. The average molecular weight is 603 g/mol. The van der Waals surface area contributed by atoms with E-state index in [0.29, 0.717) is 24.4 Å². The van der Waals surface area contributed by atoms with Gasteiger partial charge in [-0.1, -0.05) is 18.2 Å². The largest absolute Gasteiger partial charge is 0.491 e. The predicted octanol–water partition coefficient (Wildman–Crippen LogP) is 4.45. The van der Waals surface area contributed by atoms with Gasteiger partial charge < -0.3 is 15.0 Å². The number of pyridine rings is 1. The van der Waals surface area contributed by atoms with Crippen molar-refractivity contribution in [1.29, 1.82) is 0 Å². The Morgan fingerprint density at radius 2 is 1.73 bits per heavy atom. The maximum Gasteiger partial charge on any atom is 0.271 e. The Morgan fingerprint density at radius 3 is 2.39 bits per heavy atom. The Bertz CT molecular complexity index is 1500. The first kappa shape index (κ1) is 30.9. The van der Waals surface area contributed by atoms with E-state index in [9.17, 15) is 13.2 Å². The highest BCUT2D eigenvalue weighted by Gasteiger charge is 2.57. The Hall–Kier alpha value is -3.05. The van der Waals surface area contributed by atoms with Crippen LogP contribution < -0.4 is 14.4 Å². The fourth-order valence-corrected chi connectivity index (χ4v) is 7.10. The van der Waals surface area contributed by atoms with Gasteiger partial charge >= 0.3 is 0 Å². The lowest BCUT2D eigenvalue weighted by Gasteiger charge is -2.31. The molecule has 0 aliphatic carbocycles. The number of halogens is 2. The summed E-state index contributed by atoms with van der Waals surface area (Å²) in [7, 11) is -4.35. The number of hydrogen-bond acceptors (Lipinski definition) is 7. The van der Waals surface area contributed by atoms with Crippen molar-refractivity contribution in [1.82, 2.24) is 15.2 Å². The molecule has 41 heavy (non-hydrogen) atoms. The van der Waals surface area contributed by atoms with E-state index in [2.05, 4.69) is 10.2 Å². The van der Waals surface area contributed by atoms with E-state index in [1.165, 1.54) is 18.2 Å². The lowest BCUT2D eigenvalue weighted by molar-refractivity contribution is -0.121. The number of hydrogen-bond donors (Lipinski definition) is 1. The van der Waals surface area contributed by atoms with Gasteiger partial charge in [0.2, 0.25) is 0 Å². The molecule has 2 aliphatic rings. The zero-order chi connectivity index (χ0) is 28.5. The van der Waals surface area contributed by atoms with Gasteiger partial charge in [0.25, 0.3) is 15.9 Å². The maximum atomic E-state index is 15.6. The smallest absolute Gasteiger partial charge is 0.271 e. The van der Waals surface area contributed by atoms with Gasteiger partial charge in [-0.15, -0.1) is 12.4 Å². The Morgan fingerprint density at radius 1 is 1.05 bits per heavy atom. The number of sulfonamides is 1. The predicted molar refractivity (Wildman–Crippen MR) is 159 cm³/mol. The molecule has 1 atom stereocenters. The maximum absolute atomic E-state index is 15.6. The van der Waals surface area contributed by atoms with E-state index in [1.807, 2.05) is 13.8 Å². The van der Waals surface area contributed by atoms with Gasteiger partial charge in [-0.2, -0.15) is 4.31 Å². The first-order chi connectivity index (χ1) is 19.1. The highest BCUT2D eigenvalue weighted by atomic mass is 35.5. The molecule has 8 nitrogen and oxygen atoms in total. The molecule has 5 rings (SSSR count). The summed E-state index contributed by atoms with van der Waals surface area (Å²) in [5, 5.41) is 3.33. The third kappa shape index (κ3) is 5.83. The number of benzene rings is 2. The summed E-state index contributed by atoms with van der Waals surface area (Å²) in [6.45, 7) is 9.77. The summed E-state index contributed by atoms with van der Waals surface area (Å²) in [5.41, 5.74) is -0.411. The SMILES string of the molecule is Cc1ccc2c(n1)C(CCCN1CCNCC1)(c1ccccc1F)C(=O)N2S(=O)(=O)c1ccc(OC(C)C)cc1.Cl. The fraction of sp³-hybridized carbons (Fsp3) is 0.400. The summed E-state index contributed by atoms with van der Waals surface area (Å²) < 4.78 is 50.2. The van der Waals surface area contributed by atoms with Gasteiger partial charge in [-0.05, 0) is 82.6 Å². The summed E-state index contributed by atoms with van der Waals surface area (Å²) in [6, 6.07) is 15.4. The molecule has 1 saturated heterocycles. The second-order valence-corrected chi connectivity index (χ2v) is 12.4. The van der Waals surface area contributed by atoms with Crippen molar-refractivity contribution in [3.8, 4) is 5.75 Å². The van der Waals surface area contributed by atoms with Crippen LogP contribution in [0.15, 0.2) is 65.6 Å². The summed E-state index contributed by atoms with van der Waals surface area (Å²) in [5.74, 6) is -0.761. The van der Waals surface area contributed by atoms with Gasteiger partial charge in [-0.25, -0.2) is 12.8 Å². The molecule has 2 aromatic carbocycles. The zero-order valence-corrected chi connectivity index (χ0v) is 25.1. The van der Waals surface area contributed by atoms with Crippen LogP contribution in [0, 0.1) is 12.7 Å². The monoisotopic (exact) mass is 602 g/mol. The van der Waals surface area contributed by atoms with Gasteiger partial charge in [0, 0.05) is 37.4 Å². The van der Waals surface area contributed by atoms with Crippen LogP contribution in [0.25, 0.3) is 0 Å². The van der Waals surface area contributed by atoms with E-state index in [-0.39, 0.29) is 46.8 Å². The molecule has 0 saturated carbocycles. The second kappa shape index (κ2) is 12.4. The quantitative estimate of drug-likeness (QED) is 0.387. The molecular weight excluding hydrogens is 567 g/mol. The Kier molecular flexibility index (Phi) is 9.38. The summed E-state index contributed by atoms with van der Waals surface area (Å²) >= 11 is 0. The van der Waals surface area contributed by atoms with Crippen LogP contribution in [0.3, 0.4) is 0 Å². The van der Waals surface area contributed by atoms with Crippen molar-refractivity contribution in [2.45, 2.75) is 50.0 Å². The minimum Gasteiger partial charge on any atom is -0.491 e. The van der Waals surface area contributed by atoms with Crippen molar-refractivity contribution in [2.75, 3.05) is 37.0 Å². The van der Waals surface area contributed by atoms with Crippen molar-refractivity contribution >= 4 is 34.0 Å². The highest BCUT2D eigenvalue weighted by Crippen LogP contribution is 2.50. The molecule has 1 aromatic heterocycles. The molecule has 2 aliphatic heterocycles. The second-order valence-electron chi connectivity index (χ2n) is 10.6. The number of aryl methyl sites for hydroxylation is 1. The number of ether oxygens (including phenoxy) is 1. The summed E-state index contributed by atoms with van der Waals surface area (Å²) in [4.78, 5) is 21.5. The van der Waals surface area contributed by atoms with E-state index in [4.69, 9.17) is 9.72 Å². The lowest BCUT2D eigenvalue weighted by atomic mass is 9.74. The zero-order valence-electron chi connectivity index (χ0n) is 23.5. The first-order valence-electron chi connectivity index (χ1n) is 13.7. The third-order valence-electron chi connectivity index (χ3n) is 7.49. The van der Waals surface area contributed by atoms with Gasteiger partial charge in [0.05, 0.1) is 22.4 Å². The number of carbonyl (C=O) groups is 1. The number of amides is 1. The molecule has 1 N–H and O–H groups in total. The number of carbonyl (C=O) groups excluding carboxylic acids is 1. The molecule has 1 amide bonds. The van der Waals surface area contributed by atoms with Crippen molar-refractivity contribution < 1.29 is 22.3 Å². The lowest BCUT2D eigenvalue weighted by Crippen LogP contribution is -2.46. The number of rotatable bonds is 9. The number of anilines is 1. The van der Waals surface area contributed by atoms with Crippen molar-refractivity contribution in [3.05, 3.63) is 83.4 Å². The minimum atomic E-state index is -4.35. The highest BCUT2D eigenvalue weighted by molar-refractivity contribution is 7.93. The van der Waals surface area contributed by atoms with Crippen LogP contribution in [0.2, 0.25) is 0 Å².